The molecule has 0 bridgehead atoms. The molecule has 0 saturated carbocycles. The first-order valence-corrected chi connectivity index (χ1v) is 11.9. The molecule has 0 aliphatic carbocycles. The number of nitrogens with zero attached hydrogens (tertiary/aromatic N) is 1. The molecule has 1 aliphatic heterocycles. The molecule has 1 aromatic rings. The van der Waals surface area contributed by atoms with E-state index in [0.717, 1.165) is 12.1 Å². The van der Waals surface area contributed by atoms with Crippen molar-refractivity contribution in [1.82, 2.24) is 10.2 Å². The normalized spacial score (nSPS) is 19.3. The van der Waals surface area contributed by atoms with Crippen molar-refractivity contribution in [3.05, 3.63) is 34.9 Å². The molecule has 1 aromatic carbocycles. The fraction of sp³-hybridized carbons (Fsp3) is 0.720. The van der Waals surface area contributed by atoms with Crippen molar-refractivity contribution in [2.24, 2.45) is 5.92 Å². The molecule has 1 aliphatic rings. The largest absolute Gasteiger partial charge is 0.444 e. The maximum Gasteiger partial charge on any atom is 0.416 e. The summed E-state index contributed by atoms with van der Waals surface area (Å²) in [5.41, 5.74) is -3.40. The highest BCUT2D eigenvalue weighted by molar-refractivity contribution is 5.68. The van der Waals surface area contributed by atoms with Gasteiger partial charge in [-0.3, -0.25) is 0 Å². The van der Waals surface area contributed by atoms with Crippen LogP contribution in [0.1, 0.15) is 84.4 Å². The van der Waals surface area contributed by atoms with E-state index in [4.69, 9.17) is 4.74 Å². The van der Waals surface area contributed by atoms with Crippen LogP contribution in [0, 0.1) is 5.92 Å². The number of benzene rings is 1. The number of ether oxygens (including phenoxy) is 1. The topological polar surface area (TPSA) is 41.6 Å². The summed E-state index contributed by atoms with van der Waals surface area (Å²) >= 11 is 0. The van der Waals surface area contributed by atoms with Gasteiger partial charge in [0.25, 0.3) is 0 Å². The smallest absolute Gasteiger partial charge is 0.416 e. The van der Waals surface area contributed by atoms with E-state index in [0.29, 0.717) is 19.4 Å². The van der Waals surface area contributed by atoms with E-state index in [2.05, 4.69) is 19.2 Å². The molecule has 1 N–H and O–H groups in total. The van der Waals surface area contributed by atoms with Crippen LogP contribution in [0.5, 0.6) is 0 Å². The summed E-state index contributed by atoms with van der Waals surface area (Å²) < 4.78 is 83.9. The second kappa shape index (κ2) is 12.3. The Hall–Kier alpha value is -1.97. The number of nitrogens with one attached hydrogen (secondary N) is 1. The van der Waals surface area contributed by atoms with Crippen LogP contribution in [0.3, 0.4) is 0 Å². The molecule has 0 radical (unpaired) electrons. The predicted molar refractivity (Wildman–Crippen MR) is 124 cm³/mol. The van der Waals surface area contributed by atoms with Crippen molar-refractivity contribution in [2.45, 2.75) is 104 Å². The monoisotopic (exact) mass is 512 g/mol. The van der Waals surface area contributed by atoms with Crippen LogP contribution in [0.15, 0.2) is 18.2 Å². The number of carbonyl (C=O) groups is 1. The van der Waals surface area contributed by atoms with Crippen molar-refractivity contribution in [1.29, 1.82) is 0 Å². The highest BCUT2D eigenvalue weighted by Gasteiger charge is 2.38. The van der Waals surface area contributed by atoms with Gasteiger partial charge in [-0.2, -0.15) is 26.3 Å². The molecule has 0 aromatic heterocycles. The first kappa shape index (κ1) is 31.1. The molecule has 2 rings (SSSR count). The summed E-state index contributed by atoms with van der Waals surface area (Å²) in [7, 11) is 0. The molecule has 202 valence electrons. The second-order valence-corrected chi connectivity index (χ2v) is 10.2. The van der Waals surface area contributed by atoms with Crippen molar-refractivity contribution in [3.8, 4) is 0 Å². The Morgan fingerprint density at radius 2 is 1.51 bits per heavy atom. The SMILES string of the molecule is CC(C)C1C[C@@H](NCc2cc(C(F)(F)F)cc(C(F)(F)F)c2)CCN1C(=O)OC(C)(C)C.CCC. The summed E-state index contributed by atoms with van der Waals surface area (Å²) in [6.45, 7) is 13.7. The minimum absolute atomic E-state index is 0.0946. The number of alkyl halides is 6. The summed E-state index contributed by atoms with van der Waals surface area (Å²) in [4.78, 5) is 14.2. The Kier molecular flexibility index (Phi) is 10.9. The van der Waals surface area contributed by atoms with Crippen LogP contribution in [0.2, 0.25) is 0 Å². The van der Waals surface area contributed by atoms with Crippen LogP contribution in [0.4, 0.5) is 31.1 Å². The third kappa shape index (κ3) is 10.3. The first-order valence-electron chi connectivity index (χ1n) is 11.9. The Bertz CT molecular complexity index is 783. The number of halogens is 6. The van der Waals surface area contributed by atoms with Crippen LogP contribution >= 0.6 is 0 Å². The summed E-state index contributed by atoms with van der Waals surface area (Å²) in [6.07, 6.45) is -7.91. The average molecular weight is 513 g/mol. The molecule has 4 nitrogen and oxygen atoms in total. The van der Waals surface area contributed by atoms with Crippen molar-refractivity contribution < 1.29 is 35.9 Å². The second-order valence-electron chi connectivity index (χ2n) is 10.2. The maximum atomic E-state index is 13.1. The van der Waals surface area contributed by atoms with Crippen molar-refractivity contribution in [3.63, 3.8) is 0 Å². The Labute approximate surface area is 204 Å². The van der Waals surface area contributed by atoms with Crippen molar-refractivity contribution in [2.75, 3.05) is 6.54 Å². The van der Waals surface area contributed by atoms with E-state index in [1.807, 2.05) is 13.8 Å². The first-order chi connectivity index (χ1) is 15.9. The minimum atomic E-state index is -4.88. The highest BCUT2D eigenvalue weighted by Crippen LogP contribution is 2.36. The number of hydrogen-bond donors (Lipinski definition) is 1. The molecular weight excluding hydrogens is 474 g/mol. The number of rotatable bonds is 4. The fourth-order valence-corrected chi connectivity index (χ4v) is 3.75. The van der Waals surface area contributed by atoms with E-state index in [-0.39, 0.29) is 36.2 Å². The van der Waals surface area contributed by atoms with Crippen LogP contribution in [-0.4, -0.2) is 35.2 Å². The molecule has 2 atom stereocenters. The van der Waals surface area contributed by atoms with Gasteiger partial charge in [0, 0.05) is 25.2 Å². The van der Waals surface area contributed by atoms with Gasteiger partial charge in [0.15, 0.2) is 0 Å². The van der Waals surface area contributed by atoms with Gasteiger partial charge < -0.3 is 15.0 Å². The van der Waals surface area contributed by atoms with Gasteiger partial charge in [-0.15, -0.1) is 0 Å². The quantitative estimate of drug-likeness (QED) is 0.421. The molecule has 0 spiro atoms. The Morgan fingerprint density at radius 3 is 1.91 bits per heavy atom. The highest BCUT2D eigenvalue weighted by atomic mass is 19.4. The Balaban J connectivity index is 0.00000194. The van der Waals surface area contributed by atoms with Gasteiger partial charge in [-0.05, 0) is 63.3 Å². The third-order valence-electron chi connectivity index (χ3n) is 5.28. The zero-order valence-electron chi connectivity index (χ0n) is 21.5. The molecule has 1 fully saturated rings. The molecule has 1 unspecified atom stereocenters. The third-order valence-corrected chi connectivity index (χ3v) is 5.28. The lowest BCUT2D eigenvalue weighted by molar-refractivity contribution is -0.143. The number of likely N-dealkylation sites (tertiary alicyclic amines) is 1. The minimum Gasteiger partial charge on any atom is -0.444 e. The maximum absolute atomic E-state index is 13.1. The molecule has 10 heteroatoms. The molecule has 1 amide bonds. The van der Waals surface area contributed by atoms with E-state index in [1.54, 1.807) is 25.7 Å². The number of amides is 1. The van der Waals surface area contributed by atoms with E-state index < -0.39 is 35.2 Å². The lowest BCUT2D eigenvalue weighted by Crippen LogP contribution is -2.53. The van der Waals surface area contributed by atoms with E-state index >= 15 is 0 Å². The van der Waals surface area contributed by atoms with Gasteiger partial charge in [-0.25, -0.2) is 4.79 Å². The van der Waals surface area contributed by atoms with Gasteiger partial charge in [0.2, 0.25) is 0 Å². The average Bonchev–Trinajstić information content (AvgIpc) is 2.70. The van der Waals surface area contributed by atoms with Gasteiger partial charge in [-0.1, -0.05) is 34.1 Å². The van der Waals surface area contributed by atoms with Crippen LogP contribution < -0.4 is 5.32 Å². The van der Waals surface area contributed by atoms with E-state index in [1.165, 1.54) is 6.42 Å². The Morgan fingerprint density at radius 1 is 1.03 bits per heavy atom. The summed E-state index contributed by atoms with van der Waals surface area (Å²) in [5.74, 6) is 0.0949. The standard InChI is InChI=1S/C22H30F6N2O2.C3H8/c1-13(2)18-11-17(6-7-30(18)19(31)32-20(3,4)5)29-12-14-8-15(21(23,24)25)10-16(9-14)22(26,27)28;1-3-2/h8-10,13,17-18,29H,6-7,11-12H2,1-5H3;3H2,1-2H3/t17-,18?;/m0./s1. The lowest BCUT2D eigenvalue weighted by atomic mass is 9.89. The molecule has 1 heterocycles. The fourth-order valence-electron chi connectivity index (χ4n) is 3.75. The predicted octanol–water partition coefficient (Wildman–Crippen LogP) is 7.65. The van der Waals surface area contributed by atoms with Crippen LogP contribution in [0.25, 0.3) is 0 Å². The van der Waals surface area contributed by atoms with Crippen LogP contribution in [-0.2, 0) is 23.6 Å². The summed E-state index contributed by atoms with van der Waals surface area (Å²) in [6, 6.07) is 1.27. The van der Waals surface area contributed by atoms with E-state index in [9.17, 15) is 31.1 Å². The number of piperidine rings is 1. The molecular formula is C25H38F6N2O2. The van der Waals surface area contributed by atoms with Crippen molar-refractivity contribution >= 4 is 6.09 Å². The molecule has 1 saturated heterocycles. The number of carbonyl (C=O) groups excluding carboxylic acids is 1. The number of hydrogen-bond acceptors (Lipinski definition) is 3. The van der Waals surface area contributed by atoms with Gasteiger partial charge in [0.1, 0.15) is 5.60 Å². The van der Waals surface area contributed by atoms with Gasteiger partial charge in [0.05, 0.1) is 11.1 Å². The zero-order chi connectivity index (χ0) is 27.2. The summed E-state index contributed by atoms with van der Waals surface area (Å²) in [5, 5.41) is 3.07. The zero-order valence-corrected chi connectivity index (χ0v) is 21.5. The lowest BCUT2D eigenvalue weighted by Gasteiger charge is -2.42. The molecule has 35 heavy (non-hydrogen) atoms. The van der Waals surface area contributed by atoms with Gasteiger partial charge >= 0.3 is 18.4 Å².